The molecule has 0 unspecified atom stereocenters. The maximum atomic E-state index is 12.3. The molecule has 0 saturated carbocycles. The quantitative estimate of drug-likeness (QED) is 0.375. The molecule has 0 aliphatic rings. The fourth-order valence-corrected chi connectivity index (χ4v) is 5.19. The third kappa shape index (κ3) is 6.22. The third-order valence-corrected chi connectivity index (χ3v) is 7.32. The minimum absolute atomic E-state index is 0.0421. The maximum absolute atomic E-state index is 12.3. The summed E-state index contributed by atoms with van der Waals surface area (Å²) in [7, 11) is 0. The average molecular weight is 465 g/mol. The number of nitrogens with zero attached hydrogens (tertiary/aromatic N) is 1. The van der Waals surface area contributed by atoms with Crippen LogP contribution in [-0.4, -0.2) is 16.6 Å². The van der Waals surface area contributed by atoms with Crippen LogP contribution in [-0.2, 0) is 11.2 Å². The fourth-order valence-electron chi connectivity index (χ4n) is 2.75. The van der Waals surface area contributed by atoms with E-state index in [9.17, 15) is 4.79 Å². The zero-order valence-electron chi connectivity index (χ0n) is 16.5. The molecule has 152 valence electrons. The number of hydrogen-bond acceptors (Lipinski definition) is 4. The number of anilines is 1. The van der Waals surface area contributed by atoms with Crippen LogP contribution in [0, 0.1) is 6.92 Å². The van der Waals surface area contributed by atoms with Gasteiger partial charge in [0.05, 0.1) is 11.4 Å². The molecule has 1 heterocycles. The molecule has 3 rings (SSSR count). The van der Waals surface area contributed by atoms with E-state index in [1.54, 1.807) is 17.4 Å². The van der Waals surface area contributed by atoms with Gasteiger partial charge < -0.3 is 5.32 Å². The van der Waals surface area contributed by atoms with Crippen LogP contribution in [0.3, 0.4) is 0 Å². The van der Waals surface area contributed by atoms with Crippen molar-refractivity contribution in [2.45, 2.75) is 37.4 Å². The number of aryl methyl sites for hydroxylation is 1. The summed E-state index contributed by atoms with van der Waals surface area (Å²) in [4.78, 5) is 18.0. The van der Waals surface area contributed by atoms with E-state index in [0.717, 1.165) is 26.2 Å². The van der Waals surface area contributed by atoms with E-state index < -0.39 is 0 Å². The number of rotatable bonds is 7. The van der Waals surface area contributed by atoms with E-state index in [1.807, 2.05) is 43.3 Å². The summed E-state index contributed by atoms with van der Waals surface area (Å²) >= 11 is 15.4. The highest BCUT2D eigenvalue weighted by Gasteiger charge is 2.13. The lowest BCUT2D eigenvalue weighted by molar-refractivity contribution is -0.113. The summed E-state index contributed by atoms with van der Waals surface area (Å²) in [5, 5.41) is 4.30. The van der Waals surface area contributed by atoms with Crippen LogP contribution in [0.1, 0.15) is 41.5 Å². The largest absolute Gasteiger partial charge is 0.325 e. The van der Waals surface area contributed by atoms with Crippen molar-refractivity contribution in [3.8, 4) is 0 Å². The molecule has 0 aliphatic heterocycles. The molecular formula is C22H22Cl2N2OS2. The van der Waals surface area contributed by atoms with E-state index in [0.29, 0.717) is 28.1 Å². The Hall–Kier alpha value is -1.53. The van der Waals surface area contributed by atoms with Crippen LogP contribution in [0.25, 0.3) is 0 Å². The molecule has 29 heavy (non-hydrogen) atoms. The van der Waals surface area contributed by atoms with Crippen molar-refractivity contribution in [1.29, 1.82) is 0 Å². The Morgan fingerprint density at radius 2 is 1.90 bits per heavy atom. The molecule has 1 N–H and O–H groups in total. The van der Waals surface area contributed by atoms with Gasteiger partial charge in [-0.25, -0.2) is 4.98 Å². The summed E-state index contributed by atoms with van der Waals surface area (Å²) in [6.07, 6.45) is 0.678. The second-order valence-corrected chi connectivity index (χ2v) is 10.2. The summed E-state index contributed by atoms with van der Waals surface area (Å²) in [5.74, 6) is 0.745. The number of nitrogens with one attached hydrogen (secondary N) is 1. The highest BCUT2D eigenvalue weighted by atomic mass is 35.5. The van der Waals surface area contributed by atoms with Gasteiger partial charge in [0.2, 0.25) is 5.91 Å². The lowest BCUT2D eigenvalue weighted by Gasteiger charge is -2.08. The minimum Gasteiger partial charge on any atom is -0.325 e. The Balaban J connectivity index is 1.57. The number of carbonyl (C=O) groups is 1. The molecule has 0 spiro atoms. The number of aromatic nitrogens is 1. The molecule has 0 fully saturated rings. The van der Waals surface area contributed by atoms with Crippen LogP contribution in [0.15, 0.2) is 46.8 Å². The van der Waals surface area contributed by atoms with E-state index in [-0.39, 0.29) is 5.91 Å². The zero-order valence-corrected chi connectivity index (χ0v) is 19.6. The highest BCUT2D eigenvalue weighted by Crippen LogP contribution is 2.31. The molecule has 0 radical (unpaired) electrons. The Labute approximate surface area is 189 Å². The number of benzene rings is 2. The number of halogens is 2. The predicted molar refractivity (Wildman–Crippen MR) is 126 cm³/mol. The van der Waals surface area contributed by atoms with Gasteiger partial charge in [-0.15, -0.1) is 11.3 Å². The van der Waals surface area contributed by atoms with E-state index in [4.69, 9.17) is 23.2 Å². The predicted octanol–water partition coefficient (Wildman–Crippen LogP) is 7.20. The van der Waals surface area contributed by atoms with Crippen molar-refractivity contribution in [2.24, 2.45) is 0 Å². The highest BCUT2D eigenvalue weighted by molar-refractivity contribution is 8.01. The first kappa shape index (κ1) is 22.2. The minimum atomic E-state index is -0.0421. The zero-order chi connectivity index (χ0) is 21.0. The van der Waals surface area contributed by atoms with Gasteiger partial charge in [-0.1, -0.05) is 60.9 Å². The molecule has 0 bridgehead atoms. The van der Waals surface area contributed by atoms with Gasteiger partial charge in [-0.2, -0.15) is 0 Å². The first-order chi connectivity index (χ1) is 13.8. The third-order valence-electron chi connectivity index (χ3n) is 4.42. The smallest absolute Gasteiger partial charge is 0.234 e. The van der Waals surface area contributed by atoms with E-state index >= 15 is 0 Å². The lowest BCUT2D eigenvalue weighted by atomic mass is 10.0. The van der Waals surface area contributed by atoms with Gasteiger partial charge in [0.1, 0.15) is 0 Å². The van der Waals surface area contributed by atoms with Crippen molar-refractivity contribution in [3.63, 3.8) is 0 Å². The summed E-state index contributed by atoms with van der Waals surface area (Å²) in [6, 6.07) is 13.5. The van der Waals surface area contributed by atoms with Gasteiger partial charge in [0.25, 0.3) is 0 Å². The topological polar surface area (TPSA) is 42.0 Å². The second kappa shape index (κ2) is 9.98. The second-order valence-electron chi connectivity index (χ2n) is 7.01. The monoisotopic (exact) mass is 464 g/mol. The Kier molecular flexibility index (Phi) is 7.63. The summed E-state index contributed by atoms with van der Waals surface area (Å²) in [5.41, 5.74) is 4.00. The molecule has 3 nitrogen and oxygen atoms in total. The van der Waals surface area contributed by atoms with Crippen LogP contribution in [0.4, 0.5) is 5.69 Å². The van der Waals surface area contributed by atoms with Crippen LogP contribution < -0.4 is 5.32 Å². The van der Waals surface area contributed by atoms with Crippen LogP contribution in [0.2, 0.25) is 10.0 Å². The SMILES string of the molecule is Cc1nc(SCC(=O)Nc2ccc(C(C)C)cc2)sc1Cc1cc(Cl)ccc1Cl. The molecule has 2 aromatic carbocycles. The summed E-state index contributed by atoms with van der Waals surface area (Å²) in [6.45, 7) is 6.27. The molecular weight excluding hydrogens is 443 g/mol. The molecule has 0 aliphatic carbocycles. The normalized spacial score (nSPS) is 11.1. The van der Waals surface area contributed by atoms with Gasteiger partial charge in [0, 0.05) is 27.0 Å². The Morgan fingerprint density at radius 3 is 2.59 bits per heavy atom. The molecule has 0 atom stereocenters. The molecule has 7 heteroatoms. The Bertz CT molecular complexity index is 1000. The van der Waals surface area contributed by atoms with Gasteiger partial charge >= 0.3 is 0 Å². The van der Waals surface area contributed by atoms with Crippen LogP contribution in [0.5, 0.6) is 0 Å². The van der Waals surface area contributed by atoms with Crippen molar-refractivity contribution in [2.75, 3.05) is 11.1 Å². The van der Waals surface area contributed by atoms with Crippen molar-refractivity contribution < 1.29 is 4.79 Å². The van der Waals surface area contributed by atoms with Crippen LogP contribution >= 0.6 is 46.3 Å². The van der Waals surface area contributed by atoms with Crippen molar-refractivity contribution in [3.05, 3.63) is 74.2 Å². The standard InChI is InChI=1S/C22H22Cl2N2OS2/c1-13(2)15-4-7-18(8-5-15)26-21(27)12-28-22-25-14(3)20(29-22)11-16-10-17(23)6-9-19(16)24/h4-10,13H,11-12H2,1-3H3,(H,26,27). The van der Waals surface area contributed by atoms with E-state index in [2.05, 4.69) is 24.1 Å². The number of amides is 1. The first-order valence-corrected chi connectivity index (χ1v) is 11.8. The van der Waals surface area contributed by atoms with Gasteiger partial charge in [0.15, 0.2) is 4.34 Å². The molecule has 1 amide bonds. The molecule has 3 aromatic rings. The number of thioether (sulfide) groups is 1. The lowest BCUT2D eigenvalue weighted by Crippen LogP contribution is -2.13. The Morgan fingerprint density at radius 1 is 1.17 bits per heavy atom. The first-order valence-electron chi connectivity index (χ1n) is 9.24. The van der Waals surface area contributed by atoms with E-state index in [1.165, 1.54) is 17.3 Å². The maximum Gasteiger partial charge on any atom is 0.234 e. The number of carbonyl (C=O) groups excluding carboxylic acids is 1. The summed E-state index contributed by atoms with van der Waals surface area (Å²) < 4.78 is 0.876. The molecule has 1 aromatic heterocycles. The number of thiazole rings is 1. The van der Waals surface area contributed by atoms with Crippen molar-refractivity contribution >= 4 is 57.9 Å². The van der Waals surface area contributed by atoms with Gasteiger partial charge in [-0.05, 0) is 54.3 Å². The van der Waals surface area contributed by atoms with Crippen molar-refractivity contribution in [1.82, 2.24) is 4.98 Å². The number of hydrogen-bond donors (Lipinski definition) is 1. The fraction of sp³-hybridized carbons (Fsp3) is 0.273. The molecule has 0 saturated heterocycles. The average Bonchev–Trinajstić information content (AvgIpc) is 3.03. The van der Waals surface area contributed by atoms with Gasteiger partial charge in [-0.3, -0.25) is 4.79 Å².